The summed E-state index contributed by atoms with van der Waals surface area (Å²) < 4.78 is 0. The van der Waals surface area contributed by atoms with E-state index in [1.165, 1.54) is 12.3 Å². The van der Waals surface area contributed by atoms with Gasteiger partial charge < -0.3 is 10.4 Å². The summed E-state index contributed by atoms with van der Waals surface area (Å²) in [7, 11) is 0. The van der Waals surface area contributed by atoms with Gasteiger partial charge in [-0.15, -0.1) is 0 Å². The van der Waals surface area contributed by atoms with Crippen LogP contribution in [0.15, 0.2) is 53.6 Å². The zero-order valence-corrected chi connectivity index (χ0v) is 11.8. The molecule has 1 amide bonds. The minimum absolute atomic E-state index is 0.0567. The number of nitrogens with zero attached hydrogens (tertiary/aromatic N) is 1. The van der Waals surface area contributed by atoms with E-state index in [1.54, 1.807) is 30.3 Å². The van der Waals surface area contributed by atoms with Crippen molar-refractivity contribution in [3.05, 3.63) is 59.1 Å². The number of hydrogen-bond acceptors (Lipinski definition) is 4. The molecule has 0 aromatic heterocycles. The number of phenolic OH excluding ortho intramolecular Hbond substituents is 1. The first-order valence-corrected chi connectivity index (χ1v) is 6.62. The molecule has 0 radical (unpaired) electrons. The van der Waals surface area contributed by atoms with Gasteiger partial charge in [0.05, 0.1) is 23.5 Å². The number of benzene rings is 2. The van der Waals surface area contributed by atoms with Gasteiger partial charge in [-0.2, -0.15) is 5.10 Å². The SMILES string of the molecule is O=C(CNc1ccccc1Cl)N/N=C/c1cccc(O)c1. The third-order valence-corrected chi connectivity index (χ3v) is 2.92. The standard InChI is InChI=1S/C15H14ClN3O2/c16-13-6-1-2-7-14(13)17-10-15(21)19-18-9-11-4-3-5-12(20)8-11/h1-9,17,20H,10H2,(H,19,21)/b18-9+. The van der Waals surface area contributed by atoms with Crippen LogP contribution < -0.4 is 10.7 Å². The zero-order valence-electron chi connectivity index (χ0n) is 11.1. The van der Waals surface area contributed by atoms with E-state index >= 15 is 0 Å². The van der Waals surface area contributed by atoms with Gasteiger partial charge in [-0.1, -0.05) is 35.9 Å². The fourth-order valence-corrected chi connectivity index (χ4v) is 1.81. The van der Waals surface area contributed by atoms with Gasteiger partial charge in [0, 0.05) is 0 Å². The monoisotopic (exact) mass is 303 g/mol. The number of phenols is 1. The van der Waals surface area contributed by atoms with E-state index in [0.29, 0.717) is 16.3 Å². The molecule has 5 nitrogen and oxygen atoms in total. The van der Waals surface area contributed by atoms with E-state index in [2.05, 4.69) is 15.8 Å². The summed E-state index contributed by atoms with van der Waals surface area (Å²) in [6, 6.07) is 13.7. The molecule has 21 heavy (non-hydrogen) atoms. The highest BCUT2D eigenvalue weighted by Crippen LogP contribution is 2.19. The molecular weight excluding hydrogens is 290 g/mol. The fraction of sp³-hybridized carbons (Fsp3) is 0.0667. The number of aromatic hydroxyl groups is 1. The Bertz CT molecular complexity index is 659. The molecule has 0 bridgehead atoms. The zero-order chi connectivity index (χ0) is 15.1. The molecule has 2 rings (SSSR count). The van der Waals surface area contributed by atoms with Gasteiger partial charge in [0.25, 0.3) is 5.91 Å². The van der Waals surface area contributed by atoms with Crippen LogP contribution in [0.3, 0.4) is 0 Å². The molecule has 3 N–H and O–H groups in total. The van der Waals surface area contributed by atoms with Crippen molar-refractivity contribution >= 4 is 29.4 Å². The predicted octanol–water partition coefficient (Wildman–Crippen LogP) is 2.61. The number of carbonyl (C=O) groups excluding carboxylic acids is 1. The second-order valence-electron chi connectivity index (χ2n) is 4.22. The first-order chi connectivity index (χ1) is 10.1. The lowest BCUT2D eigenvalue weighted by Crippen LogP contribution is -2.25. The van der Waals surface area contributed by atoms with Crippen LogP contribution >= 0.6 is 11.6 Å². The number of amides is 1. The average molecular weight is 304 g/mol. The highest BCUT2D eigenvalue weighted by atomic mass is 35.5. The Morgan fingerprint density at radius 2 is 2.05 bits per heavy atom. The fourth-order valence-electron chi connectivity index (χ4n) is 1.60. The third kappa shape index (κ3) is 4.81. The van der Waals surface area contributed by atoms with Gasteiger partial charge in [-0.25, -0.2) is 5.43 Å². The minimum atomic E-state index is -0.300. The number of anilines is 1. The maximum Gasteiger partial charge on any atom is 0.259 e. The molecule has 0 aliphatic rings. The summed E-state index contributed by atoms with van der Waals surface area (Å²) in [4.78, 5) is 11.6. The number of hydrogen-bond donors (Lipinski definition) is 3. The first kappa shape index (κ1) is 14.9. The van der Waals surface area contributed by atoms with Crippen molar-refractivity contribution in [2.24, 2.45) is 5.10 Å². The molecule has 2 aromatic carbocycles. The Kier molecular flexibility index (Phi) is 5.17. The molecule has 0 saturated heterocycles. The van der Waals surface area contributed by atoms with Gasteiger partial charge in [0.15, 0.2) is 0 Å². The van der Waals surface area contributed by atoms with E-state index < -0.39 is 0 Å². The van der Waals surface area contributed by atoms with E-state index in [-0.39, 0.29) is 18.2 Å². The van der Waals surface area contributed by atoms with Crippen LogP contribution in [-0.4, -0.2) is 23.8 Å². The van der Waals surface area contributed by atoms with Gasteiger partial charge in [0.2, 0.25) is 0 Å². The second-order valence-corrected chi connectivity index (χ2v) is 4.63. The van der Waals surface area contributed by atoms with Crippen molar-refractivity contribution in [3.63, 3.8) is 0 Å². The first-order valence-electron chi connectivity index (χ1n) is 6.24. The molecule has 0 atom stereocenters. The second kappa shape index (κ2) is 7.31. The van der Waals surface area contributed by atoms with Crippen LogP contribution in [0, 0.1) is 0 Å². The Morgan fingerprint density at radius 3 is 2.81 bits per heavy atom. The van der Waals surface area contributed by atoms with Gasteiger partial charge in [-0.05, 0) is 29.8 Å². The van der Waals surface area contributed by atoms with E-state index in [0.717, 1.165) is 0 Å². The van der Waals surface area contributed by atoms with Crippen LogP contribution in [0.4, 0.5) is 5.69 Å². The quantitative estimate of drug-likeness (QED) is 0.587. The van der Waals surface area contributed by atoms with Crippen LogP contribution in [0.2, 0.25) is 5.02 Å². The molecule has 0 heterocycles. The maximum absolute atomic E-state index is 11.6. The van der Waals surface area contributed by atoms with Crippen molar-refractivity contribution in [2.45, 2.75) is 0 Å². The largest absolute Gasteiger partial charge is 0.508 e. The Morgan fingerprint density at radius 1 is 1.24 bits per heavy atom. The molecule has 0 spiro atoms. The van der Waals surface area contributed by atoms with Crippen molar-refractivity contribution in [1.82, 2.24) is 5.43 Å². The lowest BCUT2D eigenvalue weighted by Gasteiger charge is -2.06. The average Bonchev–Trinajstić information content (AvgIpc) is 2.46. The molecule has 0 unspecified atom stereocenters. The normalized spacial score (nSPS) is 10.5. The Labute approximate surface area is 127 Å². The summed E-state index contributed by atoms with van der Waals surface area (Å²) in [6.07, 6.45) is 1.45. The lowest BCUT2D eigenvalue weighted by molar-refractivity contribution is -0.119. The van der Waals surface area contributed by atoms with Crippen LogP contribution in [-0.2, 0) is 4.79 Å². The van der Waals surface area contributed by atoms with Crippen molar-refractivity contribution in [2.75, 3.05) is 11.9 Å². The van der Waals surface area contributed by atoms with Gasteiger partial charge in [-0.3, -0.25) is 4.79 Å². The summed E-state index contributed by atoms with van der Waals surface area (Å²) in [6.45, 7) is 0.0567. The molecule has 0 fully saturated rings. The summed E-state index contributed by atoms with van der Waals surface area (Å²) in [5.74, 6) is -0.156. The van der Waals surface area contributed by atoms with Crippen molar-refractivity contribution in [3.8, 4) is 5.75 Å². The maximum atomic E-state index is 11.6. The van der Waals surface area contributed by atoms with E-state index in [1.807, 2.05) is 12.1 Å². The number of halogens is 1. The van der Waals surface area contributed by atoms with Gasteiger partial charge in [0.1, 0.15) is 5.75 Å². The summed E-state index contributed by atoms with van der Waals surface area (Å²) >= 11 is 5.96. The number of rotatable bonds is 5. The van der Waals surface area contributed by atoms with Crippen molar-refractivity contribution < 1.29 is 9.90 Å². The topological polar surface area (TPSA) is 73.7 Å². The smallest absolute Gasteiger partial charge is 0.259 e. The Hall–Kier alpha value is -2.53. The summed E-state index contributed by atoms with van der Waals surface area (Å²) in [5, 5.41) is 16.6. The number of para-hydroxylation sites is 1. The third-order valence-electron chi connectivity index (χ3n) is 2.59. The summed E-state index contributed by atoms with van der Waals surface area (Å²) in [5.41, 5.74) is 3.76. The minimum Gasteiger partial charge on any atom is -0.508 e. The number of nitrogens with one attached hydrogen (secondary N) is 2. The molecule has 0 aliphatic carbocycles. The molecule has 0 aliphatic heterocycles. The molecule has 6 heteroatoms. The predicted molar refractivity (Wildman–Crippen MR) is 83.8 cm³/mol. The molecule has 0 saturated carbocycles. The van der Waals surface area contributed by atoms with Crippen LogP contribution in [0.25, 0.3) is 0 Å². The van der Waals surface area contributed by atoms with Crippen LogP contribution in [0.1, 0.15) is 5.56 Å². The molecule has 2 aromatic rings. The highest BCUT2D eigenvalue weighted by molar-refractivity contribution is 6.33. The van der Waals surface area contributed by atoms with E-state index in [9.17, 15) is 9.90 Å². The number of hydrazone groups is 1. The lowest BCUT2D eigenvalue weighted by atomic mass is 10.2. The number of carbonyl (C=O) groups is 1. The molecule has 108 valence electrons. The van der Waals surface area contributed by atoms with Gasteiger partial charge >= 0.3 is 0 Å². The Balaban J connectivity index is 1.81. The van der Waals surface area contributed by atoms with E-state index in [4.69, 9.17) is 11.6 Å². The van der Waals surface area contributed by atoms with Crippen molar-refractivity contribution in [1.29, 1.82) is 0 Å². The molecular formula is C15H14ClN3O2. The highest BCUT2D eigenvalue weighted by Gasteiger charge is 2.02. The van der Waals surface area contributed by atoms with Crippen LogP contribution in [0.5, 0.6) is 5.75 Å².